The van der Waals surface area contributed by atoms with Crippen molar-refractivity contribution < 1.29 is 14.3 Å². The second kappa shape index (κ2) is 7.70. The van der Waals surface area contributed by atoms with Gasteiger partial charge in [0.2, 0.25) is 0 Å². The van der Waals surface area contributed by atoms with E-state index in [0.717, 1.165) is 17.7 Å². The Balaban J connectivity index is 1.83. The molecular formula is C21H25N3O3. The van der Waals surface area contributed by atoms with Gasteiger partial charge < -0.3 is 19.9 Å². The number of nitrogens with one attached hydrogen (secondary N) is 1. The van der Waals surface area contributed by atoms with Crippen molar-refractivity contribution in [2.24, 2.45) is 0 Å². The van der Waals surface area contributed by atoms with Crippen LogP contribution < -0.4 is 19.9 Å². The Labute approximate surface area is 159 Å². The molecule has 0 saturated heterocycles. The number of fused-ring (bicyclic) bond motifs is 1. The van der Waals surface area contributed by atoms with Gasteiger partial charge in [0.05, 0.1) is 5.69 Å². The molecule has 142 valence electrons. The number of amides is 2. The van der Waals surface area contributed by atoms with E-state index in [1.54, 1.807) is 23.1 Å². The van der Waals surface area contributed by atoms with Gasteiger partial charge in [0.25, 0.3) is 11.8 Å². The van der Waals surface area contributed by atoms with Gasteiger partial charge in [0, 0.05) is 37.6 Å². The van der Waals surface area contributed by atoms with Gasteiger partial charge in [0.1, 0.15) is 5.75 Å². The molecule has 1 aliphatic heterocycles. The molecule has 0 unspecified atom stereocenters. The number of hydrogen-bond acceptors (Lipinski definition) is 4. The first-order valence-corrected chi connectivity index (χ1v) is 9.07. The number of carbonyl (C=O) groups is 2. The molecule has 0 aliphatic carbocycles. The summed E-state index contributed by atoms with van der Waals surface area (Å²) in [5, 5.41) is 2.92. The predicted octanol–water partition coefficient (Wildman–Crippen LogP) is 3.45. The number of hydrogen-bond donors (Lipinski definition) is 1. The molecule has 0 spiro atoms. The van der Waals surface area contributed by atoms with Crippen LogP contribution in [-0.2, 0) is 4.79 Å². The van der Waals surface area contributed by atoms with Crippen molar-refractivity contribution in [1.29, 1.82) is 0 Å². The summed E-state index contributed by atoms with van der Waals surface area (Å²) in [4.78, 5) is 28.5. The Hall–Kier alpha value is -3.02. The molecule has 2 amide bonds. The molecule has 1 aliphatic rings. The molecule has 2 aromatic carbocycles. The normalized spacial score (nSPS) is 13.0. The van der Waals surface area contributed by atoms with Crippen LogP contribution in [0.5, 0.6) is 5.75 Å². The SMILES string of the molecule is CCCN1C(=O)COc2ccc(NC(=O)c3ccc(N(C)C)c(C)c3)cc21. The quantitative estimate of drug-likeness (QED) is 0.879. The summed E-state index contributed by atoms with van der Waals surface area (Å²) in [5.74, 6) is 0.406. The predicted molar refractivity (Wildman–Crippen MR) is 108 cm³/mol. The minimum absolute atomic E-state index is 0.0518. The van der Waals surface area contributed by atoms with Crippen molar-refractivity contribution in [1.82, 2.24) is 0 Å². The first-order chi connectivity index (χ1) is 12.9. The third kappa shape index (κ3) is 3.89. The fraction of sp³-hybridized carbons (Fsp3) is 0.333. The van der Waals surface area contributed by atoms with E-state index in [1.165, 1.54) is 0 Å². The molecular weight excluding hydrogens is 342 g/mol. The summed E-state index contributed by atoms with van der Waals surface area (Å²) in [6.45, 7) is 4.68. The van der Waals surface area contributed by atoms with E-state index in [1.807, 2.05) is 51.0 Å². The molecule has 0 atom stereocenters. The fourth-order valence-electron chi connectivity index (χ4n) is 3.25. The molecule has 3 rings (SSSR count). The topological polar surface area (TPSA) is 61.9 Å². The van der Waals surface area contributed by atoms with E-state index in [9.17, 15) is 9.59 Å². The van der Waals surface area contributed by atoms with E-state index >= 15 is 0 Å². The first-order valence-electron chi connectivity index (χ1n) is 9.07. The zero-order valence-electron chi connectivity index (χ0n) is 16.2. The minimum Gasteiger partial charge on any atom is -0.482 e. The van der Waals surface area contributed by atoms with Gasteiger partial charge >= 0.3 is 0 Å². The summed E-state index contributed by atoms with van der Waals surface area (Å²) < 4.78 is 5.50. The molecule has 0 aromatic heterocycles. The number of rotatable bonds is 5. The van der Waals surface area contributed by atoms with Crippen LogP contribution >= 0.6 is 0 Å². The van der Waals surface area contributed by atoms with Crippen LogP contribution in [0.15, 0.2) is 36.4 Å². The summed E-state index contributed by atoms with van der Waals surface area (Å²) in [5.41, 5.74) is 4.03. The zero-order chi connectivity index (χ0) is 19.6. The lowest BCUT2D eigenvalue weighted by Crippen LogP contribution is -2.39. The molecule has 0 radical (unpaired) electrons. The van der Waals surface area contributed by atoms with Gasteiger partial charge in [-0.05, 0) is 55.3 Å². The van der Waals surface area contributed by atoms with Gasteiger partial charge in [-0.3, -0.25) is 9.59 Å². The Morgan fingerprint density at radius 2 is 2.00 bits per heavy atom. The Morgan fingerprint density at radius 3 is 2.67 bits per heavy atom. The van der Waals surface area contributed by atoms with E-state index in [4.69, 9.17) is 4.74 Å². The van der Waals surface area contributed by atoms with Gasteiger partial charge in [-0.2, -0.15) is 0 Å². The van der Waals surface area contributed by atoms with Crippen LogP contribution in [0.25, 0.3) is 0 Å². The smallest absolute Gasteiger partial charge is 0.265 e. The second-order valence-electron chi connectivity index (χ2n) is 6.87. The third-order valence-electron chi connectivity index (χ3n) is 4.55. The highest BCUT2D eigenvalue weighted by molar-refractivity contribution is 6.05. The highest BCUT2D eigenvalue weighted by Gasteiger charge is 2.25. The number of benzene rings is 2. The van der Waals surface area contributed by atoms with Gasteiger partial charge in [-0.15, -0.1) is 0 Å². The third-order valence-corrected chi connectivity index (χ3v) is 4.55. The monoisotopic (exact) mass is 367 g/mol. The molecule has 27 heavy (non-hydrogen) atoms. The number of aryl methyl sites for hydroxylation is 1. The van der Waals surface area contributed by atoms with Gasteiger partial charge in [0.15, 0.2) is 6.61 Å². The average molecular weight is 367 g/mol. The first kappa shape index (κ1) is 18.8. The van der Waals surface area contributed by atoms with E-state index in [2.05, 4.69) is 5.32 Å². The van der Waals surface area contributed by atoms with E-state index in [0.29, 0.717) is 29.2 Å². The summed E-state index contributed by atoms with van der Waals surface area (Å²) >= 11 is 0. The van der Waals surface area contributed by atoms with Crippen molar-refractivity contribution in [2.75, 3.05) is 42.4 Å². The van der Waals surface area contributed by atoms with Crippen molar-refractivity contribution in [2.45, 2.75) is 20.3 Å². The van der Waals surface area contributed by atoms with Crippen LogP contribution in [-0.4, -0.2) is 39.1 Å². The molecule has 6 nitrogen and oxygen atoms in total. The highest BCUT2D eigenvalue weighted by atomic mass is 16.5. The zero-order valence-corrected chi connectivity index (χ0v) is 16.2. The molecule has 0 saturated carbocycles. The van der Waals surface area contributed by atoms with Crippen LogP contribution in [0, 0.1) is 6.92 Å². The summed E-state index contributed by atoms with van der Waals surface area (Å²) in [7, 11) is 3.95. The number of carbonyl (C=O) groups excluding carboxylic acids is 2. The van der Waals surface area contributed by atoms with Crippen molar-refractivity contribution >= 4 is 28.9 Å². The largest absolute Gasteiger partial charge is 0.482 e. The number of nitrogens with zero attached hydrogens (tertiary/aromatic N) is 2. The Bertz CT molecular complexity index is 877. The van der Waals surface area contributed by atoms with E-state index in [-0.39, 0.29) is 18.4 Å². The standard InChI is InChI=1S/C21H25N3O3/c1-5-10-24-18-12-16(7-9-19(18)27-13-20(24)25)22-21(26)15-6-8-17(23(3)4)14(2)11-15/h6-9,11-12H,5,10,13H2,1-4H3,(H,22,26). The Kier molecular flexibility index (Phi) is 5.35. The maximum atomic E-state index is 12.7. The highest BCUT2D eigenvalue weighted by Crippen LogP contribution is 2.34. The van der Waals surface area contributed by atoms with Crippen LogP contribution in [0.2, 0.25) is 0 Å². The van der Waals surface area contributed by atoms with Crippen LogP contribution in [0.1, 0.15) is 29.3 Å². The molecule has 0 bridgehead atoms. The van der Waals surface area contributed by atoms with Crippen LogP contribution in [0.4, 0.5) is 17.1 Å². The lowest BCUT2D eigenvalue weighted by atomic mass is 10.1. The molecule has 0 fully saturated rings. The number of ether oxygens (including phenoxy) is 1. The van der Waals surface area contributed by atoms with Crippen molar-refractivity contribution in [3.8, 4) is 5.75 Å². The minimum atomic E-state index is -0.187. The average Bonchev–Trinajstić information content (AvgIpc) is 2.63. The maximum Gasteiger partial charge on any atom is 0.265 e. The lowest BCUT2D eigenvalue weighted by Gasteiger charge is -2.29. The molecule has 6 heteroatoms. The molecule has 1 heterocycles. The van der Waals surface area contributed by atoms with Gasteiger partial charge in [-0.1, -0.05) is 6.92 Å². The number of anilines is 3. The van der Waals surface area contributed by atoms with E-state index < -0.39 is 0 Å². The maximum absolute atomic E-state index is 12.7. The van der Waals surface area contributed by atoms with Crippen molar-refractivity contribution in [3.05, 3.63) is 47.5 Å². The molecule has 2 aromatic rings. The van der Waals surface area contributed by atoms with Crippen molar-refractivity contribution in [3.63, 3.8) is 0 Å². The summed E-state index contributed by atoms with van der Waals surface area (Å²) in [6.07, 6.45) is 0.846. The lowest BCUT2D eigenvalue weighted by molar-refractivity contribution is -0.121. The Morgan fingerprint density at radius 1 is 1.22 bits per heavy atom. The van der Waals surface area contributed by atoms with Gasteiger partial charge in [-0.25, -0.2) is 0 Å². The fourth-order valence-corrected chi connectivity index (χ4v) is 3.25. The second-order valence-corrected chi connectivity index (χ2v) is 6.87. The summed E-state index contributed by atoms with van der Waals surface area (Å²) in [6, 6.07) is 11.0. The molecule has 1 N–H and O–H groups in total. The van der Waals surface area contributed by atoms with Crippen LogP contribution in [0.3, 0.4) is 0 Å².